The average molecular weight is 357 g/mol. The van der Waals surface area contributed by atoms with E-state index < -0.39 is 8.32 Å². The molecular weight excluding hydrogens is 320 g/mol. The Hall–Kier alpha value is -1.28. The van der Waals surface area contributed by atoms with Gasteiger partial charge in [0.1, 0.15) is 5.75 Å². The topological polar surface area (TPSA) is 9.23 Å². The smallest absolute Gasteiger partial charge is 0.258 e. The second-order valence-electron chi connectivity index (χ2n) is 9.37. The highest BCUT2D eigenvalue weighted by Gasteiger charge is 2.47. The first-order valence-corrected chi connectivity index (χ1v) is 11.9. The number of hydrogen-bond donors (Lipinski definition) is 0. The maximum Gasteiger partial charge on any atom is 0.258 e. The van der Waals surface area contributed by atoms with Crippen LogP contribution in [0.15, 0.2) is 36.4 Å². The molecule has 0 aromatic heterocycles. The van der Waals surface area contributed by atoms with E-state index in [-0.39, 0.29) is 5.41 Å². The fourth-order valence-electron chi connectivity index (χ4n) is 4.43. The summed E-state index contributed by atoms with van der Waals surface area (Å²) in [5, 5.41) is 2.57. The lowest BCUT2D eigenvalue weighted by Gasteiger charge is -2.43. The highest BCUT2D eigenvalue weighted by molar-refractivity contribution is 6.78. The first-order valence-electron chi connectivity index (χ1n) is 9.72. The number of fused-ring (bicyclic) bond motifs is 1. The maximum absolute atomic E-state index is 7.09. The van der Waals surface area contributed by atoms with Crippen molar-refractivity contribution in [1.82, 2.24) is 0 Å². The molecule has 0 aliphatic carbocycles. The molecule has 2 aromatic carbocycles. The minimum atomic E-state index is -1.97. The molecule has 0 aliphatic rings. The van der Waals surface area contributed by atoms with Crippen LogP contribution < -0.4 is 4.43 Å². The highest BCUT2D eigenvalue weighted by atomic mass is 28.4. The number of benzene rings is 2. The second kappa shape index (κ2) is 7.15. The van der Waals surface area contributed by atoms with Gasteiger partial charge in [-0.25, -0.2) is 0 Å². The van der Waals surface area contributed by atoms with Gasteiger partial charge < -0.3 is 4.43 Å². The molecule has 0 bridgehead atoms. The SMILES string of the molecule is CC(C)[Si](Oc1cc2ccccc2cc1C(C)(C)C)(C(C)C)C(C)C. The Bertz CT molecular complexity index is 701. The molecule has 2 rings (SSSR count). The predicted molar refractivity (Wildman–Crippen MR) is 114 cm³/mol. The van der Waals surface area contributed by atoms with Gasteiger partial charge in [-0.15, -0.1) is 0 Å². The largest absolute Gasteiger partial charge is 0.542 e. The molecule has 0 atom stereocenters. The standard InChI is InChI=1S/C23H36OSi/c1-16(2)25(17(3)4,18(5)6)24-22-15-20-13-11-10-12-19(20)14-21(22)23(7,8)9/h10-18H,1-9H3. The van der Waals surface area contributed by atoms with Crippen LogP contribution in [-0.4, -0.2) is 8.32 Å². The van der Waals surface area contributed by atoms with Gasteiger partial charge in [0.15, 0.2) is 0 Å². The van der Waals surface area contributed by atoms with Crippen molar-refractivity contribution in [2.75, 3.05) is 0 Å². The van der Waals surface area contributed by atoms with E-state index in [1.807, 2.05) is 0 Å². The van der Waals surface area contributed by atoms with Crippen molar-refractivity contribution in [3.05, 3.63) is 42.0 Å². The number of rotatable bonds is 5. The minimum Gasteiger partial charge on any atom is -0.542 e. The van der Waals surface area contributed by atoms with E-state index in [1.54, 1.807) is 0 Å². The summed E-state index contributed by atoms with van der Waals surface area (Å²) in [4.78, 5) is 0. The molecule has 0 heterocycles. The third kappa shape index (κ3) is 3.79. The maximum atomic E-state index is 7.09. The van der Waals surface area contributed by atoms with Crippen molar-refractivity contribution < 1.29 is 4.43 Å². The normalized spacial score (nSPS) is 13.3. The van der Waals surface area contributed by atoms with Crippen LogP contribution in [0.4, 0.5) is 0 Å². The van der Waals surface area contributed by atoms with E-state index in [0.29, 0.717) is 16.6 Å². The van der Waals surface area contributed by atoms with Crippen molar-refractivity contribution in [1.29, 1.82) is 0 Å². The molecule has 2 aromatic rings. The van der Waals surface area contributed by atoms with Crippen LogP contribution in [0.1, 0.15) is 67.9 Å². The van der Waals surface area contributed by atoms with Gasteiger partial charge in [-0.05, 0) is 50.5 Å². The van der Waals surface area contributed by atoms with E-state index in [4.69, 9.17) is 4.43 Å². The van der Waals surface area contributed by atoms with Gasteiger partial charge >= 0.3 is 0 Å². The van der Waals surface area contributed by atoms with Gasteiger partial charge in [-0.1, -0.05) is 86.6 Å². The summed E-state index contributed by atoms with van der Waals surface area (Å²) in [5.74, 6) is 1.11. The zero-order valence-electron chi connectivity index (χ0n) is 17.6. The average Bonchev–Trinajstić information content (AvgIpc) is 2.49. The molecule has 0 unspecified atom stereocenters. The van der Waals surface area contributed by atoms with Crippen LogP contribution in [0.25, 0.3) is 10.8 Å². The molecule has 0 radical (unpaired) electrons. The van der Waals surface area contributed by atoms with Crippen molar-refractivity contribution in [3.8, 4) is 5.75 Å². The molecule has 0 amide bonds. The van der Waals surface area contributed by atoms with Crippen molar-refractivity contribution >= 4 is 19.1 Å². The molecule has 0 saturated carbocycles. The Morgan fingerprint density at radius 1 is 0.760 bits per heavy atom. The Labute approximate surface area is 155 Å². The lowest BCUT2D eigenvalue weighted by atomic mass is 9.85. The molecule has 2 heteroatoms. The summed E-state index contributed by atoms with van der Waals surface area (Å²) < 4.78 is 7.09. The first-order chi connectivity index (χ1) is 11.5. The minimum absolute atomic E-state index is 0.0600. The first kappa shape index (κ1) is 20.0. The summed E-state index contributed by atoms with van der Waals surface area (Å²) >= 11 is 0. The quantitative estimate of drug-likeness (QED) is 0.499. The lowest BCUT2D eigenvalue weighted by Crippen LogP contribution is -2.51. The Morgan fingerprint density at radius 3 is 1.60 bits per heavy atom. The molecular formula is C23H36OSi. The third-order valence-corrected chi connectivity index (χ3v) is 11.6. The van der Waals surface area contributed by atoms with Crippen molar-refractivity contribution in [2.24, 2.45) is 0 Å². The van der Waals surface area contributed by atoms with Crippen LogP contribution in [0.5, 0.6) is 5.75 Å². The third-order valence-electron chi connectivity index (χ3n) is 5.65. The van der Waals surface area contributed by atoms with Crippen LogP contribution in [0.2, 0.25) is 16.6 Å². The zero-order chi connectivity index (χ0) is 19.0. The van der Waals surface area contributed by atoms with Gasteiger partial charge in [0.05, 0.1) is 0 Å². The van der Waals surface area contributed by atoms with Gasteiger partial charge in [-0.3, -0.25) is 0 Å². The Kier molecular flexibility index (Phi) is 5.73. The summed E-state index contributed by atoms with van der Waals surface area (Å²) in [6, 6.07) is 13.2. The molecule has 0 saturated heterocycles. The fourth-order valence-corrected chi connectivity index (χ4v) is 9.69. The summed E-state index contributed by atoms with van der Waals surface area (Å²) in [6.45, 7) is 21.0. The zero-order valence-corrected chi connectivity index (χ0v) is 18.6. The van der Waals surface area contributed by atoms with E-state index in [0.717, 1.165) is 5.75 Å². The van der Waals surface area contributed by atoms with E-state index in [9.17, 15) is 0 Å². The molecule has 0 spiro atoms. The fraction of sp³-hybridized carbons (Fsp3) is 0.565. The van der Waals surface area contributed by atoms with Crippen molar-refractivity contribution in [3.63, 3.8) is 0 Å². The van der Waals surface area contributed by atoms with E-state index in [2.05, 4.69) is 98.7 Å². The van der Waals surface area contributed by atoms with Crippen LogP contribution >= 0.6 is 0 Å². The summed E-state index contributed by atoms with van der Waals surface area (Å²) in [5.41, 5.74) is 3.11. The van der Waals surface area contributed by atoms with Gasteiger partial charge in [0, 0.05) is 0 Å². The summed E-state index contributed by atoms with van der Waals surface area (Å²) in [6.07, 6.45) is 0. The lowest BCUT2D eigenvalue weighted by molar-refractivity contribution is 0.458. The van der Waals surface area contributed by atoms with Gasteiger partial charge in [0.25, 0.3) is 8.32 Å². The predicted octanol–water partition coefficient (Wildman–Crippen LogP) is 7.69. The van der Waals surface area contributed by atoms with Crippen molar-refractivity contribution in [2.45, 2.75) is 84.4 Å². The molecule has 0 aliphatic heterocycles. The van der Waals surface area contributed by atoms with Crippen LogP contribution in [-0.2, 0) is 5.41 Å². The number of hydrogen-bond acceptors (Lipinski definition) is 1. The highest BCUT2D eigenvalue weighted by Crippen LogP contribution is 2.45. The monoisotopic (exact) mass is 356 g/mol. The molecule has 25 heavy (non-hydrogen) atoms. The van der Waals surface area contributed by atoms with Crippen LogP contribution in [0.3, 0.4) is 0 Å². The molecule has 138 valence electrons. The van der Waals surface area contributed by atoms with E-state index in [1.165, 1.54) is 16.3 Å². The van der Waals surface area contributed by atoms with Gasteiger partial charge in [0.2, 0.25) is 0 Å². The van der Waals surface area contributed by atoms with E-state index >= 15 is 0 Å². The van der Waals surface area contributed by atoms with Crippen LogP contribution in [0, 0.1) is 0 Å². The molecule has 0 N–H and O–H groups in total. The second-order valence-corrected chi connectivity index (χ2v) is 14.7. The summed E-state index contributed by atoms with van der Waals surface area (Å²) in [7, 11) is -1.97. The Morgan fingerprint density at radius 2 is 1.20 bits per heavy atom. The molecule has 0 fully saturated rings. The Balaban J connectivity index is 2.69. The molecule has 1 nitrogen and oxygen atoms in total. The van der Waals surface area contributed by atoms with Gasteiger partial charge in [-0.2, -0.15) is 0 Å².